The number of nitrogens with one attached hydrogen (secondary N) is 1. The number of hydrogen-bond acceptors (Lipinski definition) is 2. The first-order valence-corrected chi connectivity index (χ1v) is 9.01. The fourth-order valence-electron chi connectivity index (χ4n) is 3.14. The van der Waals surface area contributed by atoms with E-state index >= 15 is 0 Å². The molecule has 0 fully saturated rings. The lowest BCUT2D eigenvalue weighted by Crippen LogP contribution is -2.36. The van der Waals surface area contributed by atoms with E-state index < -0.39 is 6.10 Å². The lowest BCUT2D eigenvalue weighted by molar-refractivity contribution is 0.204. The van der Waals surface area contributed by atoms with Crippen LogP contribution in [0.25, 0.3) is 0 Å². The standard InChI is InChI=1S/C19H32ClNO/c1-6-14(3)19(5,15(4)7-2)16-8-10-17(11-9-16)21-13-18(22)12-20/h8-11,14-15,18,21-22H,6-7,12-13H2,1-5H3. The zero-order valence-electron chi connectivity index (χ0n) is 14.7. The normalized spacial score (nSPS) is 18.3. The van der Waals surface area contributed by atoms with Gasteiger partial charge in [0.1, 0.15) is 0 Å². The molecule has 1 rings (SSSR count). The Balaban J connectivity index is 2.94. The Kier molecular flexibility index (Phi) is 7.71. The highest BCUT2D eigenvalue weighted by Crippen LogP contribution is 2.42. The first-order valence-electron chi connectivity index (χ1n) is 8.48. The van der Waals surface area contributed by atoms with Crippen LogP contribution in [0.4, 0.5) is 5.69 Å². The van der Waals surface area contributed by atoms with E-state index in [0.29, 0.717) is 18.4 Å². The predicted molar refractivity (Wildman–Crippen MR) is 97.9 cm³/mol. The molecule has 22 heavy (non-hydrogen) atoms. The van der Waals surface area contributed by atoms with E-state index in [-0.39, 0.29) is 11.3 Å². The van der Waals surface area contributed by atoms with Crippen molar-refractivity contribution in [3.05, 3.63) is 29.8 Å². The van der Waals surface area contributed by atoms with E-state index in [9.17, 15) is 5.11 Å². The van der Waals surface area contributed by atoms with Gasteiger partial charge in [-0.05, 0) is 34.9 Å². The third-order valence-corrected chi connectivity index (χ3v) is 5.86. The third kappa shape index (κ3) is 4.39. The molecular weight excluding hydrogens is 294 g/mol. The molecule has 0 saturated heterocycles. The van der Waals surface area contributed by atoms with E-state index in [4.69, 9.17) is 11.6 Å². The number of aliphatic hydroxyl groups is 1. The Morgan fingerprint density at radius 3 is 2.00 bits per heavy atom. The Hall–Kier alpha value is -0.730. The Morgan fingerprint density at radius 2 is 1.59 bits per heavy atom. The molecule has 0 saturated carbocycles. The Morgan fingerprint density at radius 1 is 1.09 bits per heavy atom. The van der Waals surface area contributed by atoms with Gasteiger partial charge in [0.2, 0.25) is 0 Å². The summed E-state index contributed by atoms with van der Waals surface area (Å²) in [5.74, 6) is 1.53. The van der Waals surface area contributed by atoms with Crippen molar-refractivity contribution in [2.24, 2.45) is 11.8 Å². The van der Waals surface area contributed by atoms with Gasteiger partial charge in [0, 0.05) is 12.2 Å². The largest absolute Gasteiger partial charge is 0.390 e. The topological polar surface area (TPSA) is 32.3 Å². The van der Waals surface area contributed by atoms with Crippen molar-refractivity contribution in [2.45, 2.75) is 59.0 Å². The molecule has 0 radical (unpaired) electrons. The maximum atomic E-state index is 9.52. The van der Waals surface area contributed by atoms with E-state index in [1.165, 1.54) is 18.4 Å². The van der Waals surface area contributed by atoms with Crippen molar-refractivity contribution in [3.8, 4) is 0 Å². The van der Waals surface area contributed by atoms with Crippen LogP contribution in [-0.4, -0.2) is 23.6 Å². The molecule has 0 aliphatic heterocycles. The average molecular weight is 326 g/mol. The summed E-state index contributed by atoms with van der Waals surface area (Å²) in [6, 6.07) is 8.68. The smallest absolute Gasteiger partial charge is 0.0847 e. The van der Waals surface area contributed by atoms with Crippen LogP contribution >= 0.6 is 11.6 Å². The van der Waals surface area contributed by atoms with Crippen molar-refractivity contribution in [3.63, 3.8) is 0 Å². The monoisotopic (exact) mass is 325 g/mol. The fourth-order valence-corrected chi connectivity index (χ4v) is 3.25. The molecule has 1 aromatic rings. The minimum atomic E-state index is -0.508. The van der Waals surface area contributed by atoms with Gasteiger partial charge in [0.25, 0.3) is 0 Å². The van der Waals surface area contributed by atoms with E-state index in [2.05, 4.69) is 64.2 Å². The highest BCUT2D eigenvalue weighted by atomic mass is 35.5. The van der Waals surface area contributed by atoms with Crippen molar-refractivity contribution in [1.82, 2.24) is 0 Å². The molecule has 0 amide bonds. The summed E-state index contributed by atoms with van der Waals surface area (Å²) >= 11 is 5.61. The van der Waals surface area contributed by atoms with E-state index in [0.717, 1.165) is 5.69 Å². The first-order chi connectivity index (χ1) is 10.4. The van der Waals surface area contributed by atoms with Gasteiger partial charge in [0.05, 0.1) is 12.0 Å². The molecule has 3 heteroatoms. The molecule has 0 aromatic heterocycles. The second-order valence-corrected chi connectivity index (χ2v) is 6.98. The van der Waals surface area contributed by atoms with Crippen LogP contribution in [0.15, 0.2) is 24.3 Å². The van der Waals surface area contributed by atoms with Crippen molar-refractivity contribution in [2.75, 3.05) is 17.7 Å². The Bertz CT molecular complexity index is 422. The van der Waals surface area contributed by atoms with Crippen LogP contribution in [-0.2, 0) is 5.41 Å². The number of rotatable bonds is 9. The average Bonchev–Trinajstić information content (AvgIpc) is 2.57. The van der Waals surface area contributed by atoms with Gasteiger partial charge >= 0.3 is 0 Å². The predicted octanol–water partition coefficient (Wildman–Crippen LogP) is 5.05. The number of halogens is 1. The molecule has 0 heterocycles. The second-order valence-electron chi connectivity index (χ2n) is 6.67. The van der Waals surface area contributed by atoms with Crippen molar-refractivity contribution >= 4 is 17.3 Å². The van der Waals surface area contributed by atoms with E-state index in [1.54, 1.807) is 0 Å². The van der Waals surface area contributed by atoms with Gasteiger partial charge in [0.15, 0.2) is 0 Å². The van der Waals surface area contributed by atoms with Crippen LogP contribution in [0.2, 0.25) is 0 Å². The maximum absolute atomic E-state index is 9.52. The van der Waals surface area contributed by atoms with Gasteiger partial charge in [-0.25, -0.2) is 0 Å². The number of aliphatic hydroxyl groups excluding tert-OH is 1. The second kappa shape index (κ2) is 8.79. The first kappa shape index (κ1) is 19.3. The summed E-state index contributed by atoms with van der Waals surface area (Å²) in [7, 11) is 0. The molecule has 126 valence electrons. The van der Waals surface area contributed by atoms with Crippen LogP contribution in [0.5, 0.6) is 0 Å². The molecule has 0 aliphatic carbocycles. The lowest BCUT2D eigenvalue weighted by atomic mass is 9.63. The number of alkyl halides is 1. The highest BCUT2D eigenvalue weighted by Gasteiger charge is 2.36. The summed E-state index contributed by atoms with van der Waals surface area (Å²) in [4.78, 5) is 0. The minimum Gasteiger partial charge on any atom is -0.390 e. The summed E-state index contributed by atoms with van der Waals surface area (Å²) in [6.45, 7) is 12.1. The van der Waals surface area contributed by atoms with Crippen molar-refractivity contribution < 1.29 is 5.11 Å². The van der Waals surface area contributed by atoms with Gasteiger partial charge < -0.3 is 10.4 Å². The minimum absolute atomic E-state index is 0.192. The van der Waals surface area contributed by atoms with Gasteiger partial charge in [-0.2, -0.15) is 0 Å². The van der Waals surface area contributed by atoms with Crippen LogP contribution in [0.1, 0.15) is 53.0 Å². The molecule has 1 aromatic carbocycles. The van der Waals surface area contributed by atoms with Crippen LogP contribution in [0.3, 0.4) is 0 Å². The summed E-state index contributed by atoms with van der Waals surface area (Å²) in [5.41, 5.74) is 2.63. The van der Waals surface area contributed by atoms with Gasteiger partial charge in [-0.1, -0.05) is 59.6 Å². The SMILES string of the molecule is CCC(C)C(C)(c1ccc(NCC(O)CCl)cc1)C(C)CC. The van der Waals surface area contributed by atoms with Crippen molar-refractivity contribution in [1.29, 1.82) is 0 Å². The molecule has 0 spiro atoms. The van der Waals surface area contributed by atoms with Gasteiger partial charge in [-0.15, -0.1) is 11.6 Å². The highest BCUT2D eigenvalue weighted by molar-refractivity contribution is 6.18. The number of anilines is 1. The van der Waals surface area contributed by atoms with Crippen LogP contribution < -0.4 is 5.32 Å². The summed E-state index contributed by atoms with van der Waals surface area (Å²) < 4.78 is 0. The lowest BCUT2D eigenvalue weighted by Gasteiger charge is -2.41. The molecule has 3 atom stereocenters. The zero-order chi connectivity index (χ0) is 16.8. The molecule has 3 unspecified atom stereocenters. The number of benzene rings is 1. The fraction of sp³-hybridized carbons (Fsp3) is 0.684. The molecule has 2 nitrogen and oxygen atoms in total. The van der Waals surface area contributed by atoms with E-state index in [1.807, 2.05) is 0 Å². The maximum Gasteiger partial charge on any atom is 0.0847 e. The Labute approximate surface area is 141 Å². The molecule has 0 aliphatic rings. The molecule has 0 bridgehead atoms. The zero-order valence-corrected chi connectivity index (χ0v) is 15.5. The number of hydrogen-bond donors (Lipinski definition) is 2. The third-order valence-electron chi connectivity index (χ3n) is 5.50. The molecule has 2 N–H and O–H groups in total. The van der Waals surface area contributed by atoms with Gasteiger partial charge in [-0.3, -0.25) is 0 Å². The summed E-state index contributed by atoms with van der Waals surface area (Å²) in [6.07, 6.45) is 1.86. The molecular formula is C19H32ClNO. The summed E-state index contributed by atoms with van der Waals surface area (Å²) in [5, 5.41) is 12.7. The quantitative estimate of drug-likeness (QED) is 0.623. The van der Waals surface area contributed by atoms with Crippen LogP contribution in [0, 0.1) is 11.8 Å².